The monoisotopic (exact) mass is 305 g/mol. The summed E-state index contributed by atoms with van der Waals surface area (Å²) < 4.78 is 5.12. The quantitative estimate of drug-likeness (QED) is 0.710. The van der Waals surface area contributed by atoms with Crippen molar-refractivity contribution in [2.24, 2.45) is 0 Å². The second-order valence-electron chi connectivity index (χ2n) is 5.45. The van der Waals surface area contributed by atoms with E-state index in [1.807, 2.05) is 20.8 Å². The summed E-state index contributed by atoms with van der Waals surface area (Å²) in [6, 6.07) is 0. The van der Waals surface area contributed by atoms with Crippen LogP contribution in [0.5, 0.6) is 0 Å². The lowest BCUT2D eigenvalue weighted by molar-refractivity contribution is 0.0530. The fraction of sp³-hybridized carbons (Fsp3) is 0.462. The van der Waals surface area contributed by atoms with Gasteiger partial charge in [-0.1, -0.05) is 0 Å². The average Bonchev–Trinajstić information content (AvgIpc) is 2.91. The van der Waals surface area contributed by atoms with Gasteiger partial charge in [0, 0.05) is 25.5 Å². The molecule has 2 heterocycles. The minimum absolute atomic E-state index is 0.393. The van der Waals surface area contributed by atoms with Crippen molar-refractivity contribution in [1.82, 2.24) is 30.5 Å². The van der Waals surface area contributed by atoms with Crippen molar-refractivity contribution in [3.63, 3.8) is 0 Å². The molecule has 0 aliphatic rings. The molecular weight excluding hydrogens is 286 g/mol. The molecule has 0 saturated heterocycles. The standard InChI is InChI=1S/C13H19N7O2/c1-13(2,3)22-12(21)17-7-6-16-11-18-10(19-20-11)9-8-14-4-5-15-9/h4-5,8H,6-7H2,1-3H3,(H,17,21)(H2,16,18,19,20). The maximum absolute atomic E-state index is 11.4. The SMILES string of the molecule is CC(C)(C)OC(=O)NCCNc1n[nH]c(-c2cnccn2)n1. The van der Waals surface area contributed by atoms with E-state index in [9.17, 15) is 4.79 Å². The van der Waals surface area contributed by atoms with Gasteiger partial charge in [-0.05, 0) is 20.8 Å². The third kappa shape index (κ3) is 5.00. The molecule has 1 amide bonds. The van der Waals surface area contributed by atoms with E-state index in [0.717, 1.165) is 0 Å². The predicted octanol–water partition coefficient (Wildman–Crippen LogP) is 1.20. The van der Waals surface area contributed by atoms with Crippen LogP contribution in [0, 0.1) is 0 Å². The van der Waals surface area contributed by atoms with E-state index >= 15 is 0 Å². The van der Waals surface area contributed by atoms with Crippen molar-refractivity contribution < 1.29 is 9.53 Å². The average molecular weight is 305 g/mol. The zero-order chi connectivity index (χ0) is 16.0. The van der Waals surface area contributed by atoms with Gasteiger partial charge in [-0.2, -0.15) is 4.98 Å². The lowest BCUT2D eigenvalue weighted by Crippen LogP contribution is -2.35. The Labute approximate surface area is 127 Å². The minimum atomic E-state index is -0.507. The Morgan fingerprint density at radius 3 is 2.82 bits per heavy atom. The highest BCUT2D eigenvalue weighted by Gasteiger charge is 2.15. The van der Waals surface area contributed by atoms with Gasteiger partial charge in [0.25, 0.3) is 0 Å². The number of alkyl carbamates (subject to hydrolysis) is 1. The molecule has 2 rings (SSSR count). The van der Waals surface area contributed by atoms with Crippen molar-refractivity contribution in [2.45, 2.75) is 26.4 Å². The molecule has 9 heteroatoms. The molecule has 0 spiro atoms. The van der Waals surface area contributed by atoms with Gasteiger partial charge in [0.15, 0.2) is 5.82 Å². The Morgan fingerprint density at radius 1 is 1.32 bits per heavy atom. The van der Waals surface area contributed by atoms with Crippen molar-refractivity contribution in [3.05, 3.63) is 18.6 Å². The summed E-state index contributed by atoms with van der Waals surface area (Å²) in [4.78, 5) is 23.8. The van der Waals surface area contributed by atoms with E-state index in [0.29, 0.717) is 30.6 Å². The van der Waals surface area contributed by atoms with Crippen LogP contribution in [0.15, 0.2) is 18.6 Å². The molecule has 0 unspecified atom stereocenters. The summed E-state index contributed by atoms with van der Waals surface area (Å²) in [5.74, 6) is 0.947. The van der Waals surface area contributed by atoms with Gasteiger partial charge >= 0.3 is 6.09 Å². The van der Waals surface area contributed by atoms with Gasteiger partial charge in [-0.3, -0.25) is 10.1 Å². The molecule has 0 aromatic carbocycles. The summed E-state index contributed by atoms with van der Waals surface area (Å²) in [7, 11) is 0. The first-order valence-electron chi connectivity index (χ1n) is 6.83. The molecule has 2 aromatic rings. The van der Waals surface area contributed by atoms with Crippen LogP contribution < -0.4 is 10.6 Å². The van der Waals surface area contributed by atoms with E-state index in [1.54, 1.807) is 18.6 Å². The van der Waals surface area contributed by atoms with Crippen molar-refractivity contribution in [2.75, 3.05) is 18.4 Å². The smallest absolute Gasteiger partial charge is 0.407 e. The van der Waals surface area contributed by atoms with Gasteiger partial charge in [-0.25, -0.2) is 9.78 Å². The first-order valence-corrected chi connectivity index (χ1v) is 6.83. The highest BCUT2D eigenvalue weighted by Crippen LogP contribution is 2.10. The molecule has 0 fully saturated rings. The number of aromatic amines is 1. The topological polar surface area (TPSA) is 118 Å². The molecule has 0 aliphatic carbocycles. The molecule has 0 atom stereocenters. The number of ether oxygens (including phenoxy) is 1. The van der Waals surface area contributed by atoms with Gasteiger partial charge in [0.2, 0.25) is 5.95 Å². The molecule has 2 aromatic heterocycles. The minimum Gasteiger partial charge on any atom is -0.444 e. The Morgan fingerprint density at radius 2 is 2.14 bits per heavy atom. The molecule has 0 aliphatic heterocycles. The fourth-order valence-electron chi connectivity index (χ4n) is 1.53. The second kappa shape index (κ2) is 6.83. The maximum atomic E-state index is 11.4. The van der Waals surface area contributed by atoms with E-state index in [2.05, 4.69) is 35.8 Å². The first-order chi connectivity index (χ1) is 10.4. The third-order valence-corrected chi connectivity index (χ3v) is 2.37. The number of anilines is 1. The third-order valence-electron chi connectivity index (χ3n) is 2.37. The van der Waals surface area contributed by atoms with Crippen molar-refractivity contribution >= 4 is 12.0 Å². The Kier molecular flexibility index (Phi) is 4.87. The molecule has 9 nitrogen and oxygen atoms in total. The summed E-state index contributed by atoms with van der Waals surface area (Å²) in [5.41, 5.74) is 0.0994. The number of nitrogens with one attached hydrogen (secondary N) is 3. The predicted molar refractivity (Wildman–Crippen MR) is 80.1 cm³/mol. The Hall–Kier alpha value is -2.71. The maximum Gasteiger partial charge on any atom is 0.407 e. The Bertz CT molecular complexity index is 606. The molecule has 0 saturated carbocycles. The Balaban J connectivity index is 1.74. The van der Waals surface area contributed by atoms with Crippen molar-refractivity contribution in [1.29, 1.82) is 0 Å². The number of aromatic nitrogens is 5. The first kappa shape index (κ1) is 15.7. The zero-order valence-corrected chi connectivity index (χ0v) is 12.8. The number of carbonyl (C=O) groups excluding carboxylic acids is 1. The largest absolute Gasteiger partial charge is 0.444 e. The van der Waals surface area contributed by atoms with E-state index < -0.39 is 11.7 Å². The molecular formula is C13H19N7O2. The van der Waals surface area contributed by atoms with E-state index in [1.165, 1.54) is 0 Å². The van der Waals surface area contributed by atoms with Crippen LogP contribution in [0.25, 0.3) is 11.5 Å². The summed E-state index contributed by atoms with van der Waals surface area (Å²) in [6.07, 6.45) is 4.30. The highest BCUT2D eigenvalue weighted by atomic mass is 16.6. The van der Waals surface area contributed by atoms with E-state index in [4.69, 9.17) is 4.74 Å². The van der Waals surface area contributed by atoms with Crippen LogP contribution in [0.2, 0.25) is 0 Å². The van der Waals surface area contributed by atoms with Crippen LogP contribution in [-0.2, 0) is 4.74 Å². The fourth-order valence-corrected chi connectivity index (χ4v) is 1.53. The van der Waals surface area contributed by atoms with Gasteiger partial charge in [-0.15, -0.1) is 5.10 Å². The number of hydrogen-bond acceptors (Lipinski definition) is 7. The summed E-state index contributed by atoms with van der Waals surface area (Å²) >= 11 is 0. The summed E-state index contributed by atoms with van der Waals surface area (Å²) in [5, 5.41) is 12.4. The van der Waals surface area contributed by atoms with Crippen LogP contribution in [-0.4, -0.2) is 49.9 Å². The lowest BCUT2D eigenvalue weighted by atomic mass is 10.2. The summed E-state index contributed by atoms with van der Waals surface area (Å²) in [6.45, 7) is 6.30. The second-order valence-corrected chi connectivity index (χ2v) is 5.45. The number of nitrogens with zero attached hydrogens (tertiary/aromatic N) is 4. The van der Waals surface area contributed by atoms with Gasteiger partial charge in [0.1, 0.15) is 11.3 Å². The van der Waals surface area contributed by atoms with E-state index in [-0.39, 0.29) is 0 Å². The molecule has 22 heavy (non-hydrogen) atoms. The van der Waals surface area contributed by atoms with Crippen LogP contribution in [0.3, 0.4) is 0 Å². The molecule has 0 radical (unpaired) electrons. The number of amides is 1. The normalized spacial score (nSPS) is 11.0. The number of H-pyrrole nitrogens is 1. The van der Waals surface area contributed by atoms with Crippen molar-refractivity contribution in [3.8, 4) is 11.5 Å². The molecule has 3 N–H and O–H groups in total. The van der Waals surface area contributed by atoms with Crippen LogP contribution >= 0.6 is 0 Å². The highest BCUT2D eigenvalue weighted by molar-refractivity contribution is 5.67. The zero-order valence-electron chi connectivity index (χ0n) is 12.8. The lowest BCUT2D eigenvalue weighted by Gasteiger charge is -2.19. The number of carbonyl (C=O) groups is 1. The molecule has 0 bridgehead atoms. The van der Waals surface area contributed by atoms with Crippen LogP contribution in [0.4, 0.5) is 10.7 Å². The van der Waals surface area contributed by atoms with Gasteiger partial charge < -0.3 is 15.4 Å². The number of hydrogen-bond donors (Lipinski definition) is 3. The van der Waals surface area contributed by atoms with Crippen LogP contribution in [0.1, 0.15) is 20.8 Å². The number of rotatable bonds is 5. The molecule has 118 valence electrons. The van der Waals surface area contributed by atoms with Gasteiger partial charge in [0.05, 0.1) is 6.20 Å².